The molecule has 1 aromatic carbocycles. The number of carbonyl (C=O) groups excluding carboxylic acids is 1. The van der Waals surface area contributed by atoms with Gasteiger partial charge >= 0.3 is 0 Å². The van der Waals surface area contributed by atoms with Gasteiger partial charge in [0.25, 0.3) is 5.91 Å². The Bertz CT molecular complexity index is 574. The number of para-hydroxylation sites is 1. The number of amides is 1. The maximum absolute atomic E-state index is 12.2. The quantitative estimate of drug-likeness (QED) is 0.371. The fourth-order valence-electron chi connectivity index (χ4n) is 2.14. The minimum atomic E-state index is -0.413. The van der Waals surface area contributed by atoms with Crippen LogP contribution in [0.15, 0.2) is 36.0 Å². The largest absolute Gasteiger partial charge is 0.396 e. The van der Waals surface area contributed by atoms with Crippen LogP contribution in [0.25, 0.3) is 0 Å². The summed E-state index contributed by atoms with van der Waals surface area (Å²) in [5.74, 6) is -0.130. The number of nitriles is 1. The van der Waals surface area contributed by atoms with Crippen LogP contribution in [0.4, 0.5) is 5.69 Å². The summed E-state index contributed by atoms with van der Waals surface area (Å²) in [5.41, 5.74) is 1.82. The van der Waals surface area contributed by atoms with E-state index in [1.807, 2.05) is 30.3 Å². The van der Waals surface area contributed by atoms with Crippen LogP contribution in [0.1, 0.15) is 44.6 Å². The average molecular weight is 315 g/mol. The first kappa shape index (κ1) is 18.7. The maximum Gasteiger partial charge on any atom is 0.267 e. The van der Waals surface area contributed by atoms with Crippen molar-refractivity contribution in [2.75, 3.05) is 18.5 Å². The standard InChI is InChI=1S/C18H25N3O2/c1-14(2)16-8-4-5-9-17(16)21-18(23)15(12-19)13-20-10-6-3-7-11-22/h4-5,8-9,13-14,20,22H,3,6-7,10-11H2,1-2H3,(H,21,23)/b15-13-. The van der Waals surface area contributed by atoms with Crippen molar-refractivity contribution in [3.63, 3.8) is 0 Å². The Morgan fingerprint density at radius 3 is 2.70 bits per heavy atom. The molecule has 5 nitrogen and oxygen atoms in total. The van der Waals surface area contributed by atoms with Gasteiger partial charge in [-0.2, -0.15) is 5.26 Å². The summed E-state index contributed by atoms with van der Waals surface area (Å²) in [4.78, 5) is 12.2. The average Bonchev–Trinajstić information content (AvgIpc) is 2.54. The van der Waals surface area contributed by atoms with E-state index in [1.54, 1.807) is 0 Å². The van der Waals surface area contributed by atoms with Crippen LogP contribution in [-0.4, -0.2) is 24.2 Å². The van der Waals surface area contributed by atoms with E-state index in [-0.39, 0.29) is 18.1 Å². The highest BCUT2D eigenvalue weighted by molar-refractivity contribution is 6.06. The number of carbonyl (C=O) groups is 1. The molecule has 0 aliphatic rings. The first-order valence-electron chi connectivity index (χ1n) is 7.95. The second kappa shape index (κ2) is 10.4. The van der Waals surface area contributed by atoms with Gasteiger partial charge in [-0.1, -0.05) is 32.0 Å². The molecule has 0 aliphatic heterocycles. The number of benzene rings is 1. The summed E-state index contributed by atoms with van der Waals surface area (Å²) in [5, 5.41) is 23.6. The molecule has 23 heavy (non-hydrogen) atoms. The van der Waals surface area contributed by atoms with Gasteiger partial charge in [0.05, 0.1) is 0 Å². The molecule has 0 bridgehead atoms. The van der Waals surface area contributed by atoms with Crippen LogP contribution in [0.2, 0.25) is 0 Å². The van der Waals surface area contributed by atoms with Crippen LogP contribution >= 0.6 is 0 Å². The summed E-state index contributed by atoms with van der Waals surface area (Å²) in [6.07, 6.45) is 4.01. The third-order valence-corrected chi connectivity index (χ3v) is 3.42. The van der Waals surface area contributed by atoms with Gasteiger partial charge < -0.3 is 15.7 Å². The van der Waals surface area contributed by atoms with Crippen molar-refractivity contribution in [3.05, 3.63) is 41.6 Å². The number of aliphatic hydroxyl groups is 1. The van der Waals surface area contributed by atoms with Crippen molar-refractivity contribution in [1.82, 2.24) is 5.32 Å². The van der Waals surface area contributed by atoms with E-state index in [2.05, 4.69) is 24.5 Å². The predicted molar refractivity (Wildman–Crippen MR) is 91.8 cm³/mol. The van der Waals surface area contributed by atoms with E-state index in [4.69, 9.17) is 10.4 Å². The number of unbranched alkanes of at least 4 members (excludes halogenated alkanes) is 2. The summed E-state index contributed by atoms with van der Waals surface area (Å²) >= 11 is 0. The number of aliphatic hydroxyl groups excluding tert-OH is 1. The van der Waals surface area contributed by atoms with E-state index in [0.717, 1.165) is 30.5 Å². The summed E-state index contributed by atoms with van der Waals surface area (Å²) in [6.45, 7) is 4.97. The highest BCUT2D eigenvalue weighted by Crippen LogP contribution is 2.23. The van der Waals surface area contributed by atoms with Gasteiger partial charge in [0.1, 0.15) is 11.6 Å². The lowest BCUT2D eigenvalue weighted by Gasteiger charge is -2.13. The molecule has 0 saturated carbocycles. The number of rotatable bonds is 9. The summed E-state index contributed by atoms with van der Waals surface area (Å²) in [6, 6.07) is 9.51. The minimum absolute atomic E-state index is 0.0470. The second-order valence-corrected chi connectivity index (χ2v) is 5.60. The molecular formula is C18H25N3O2. The molecule has 0 radical (unpaired) electrons. The summed E-state index contributed by atoms with van der Waals surface area (Å²) < 4.78 is 0. The van der Waals surface area contributed by atoms with E-state index in [0.29, 0.717) is 6.54 Å². The Morgan fingerprint density at radius 1 is 1.30 bits per heavy atom. The topological polar surface area (TPSA) is 85.2 Å². The molecule has 124 valence electrons. The summed E-state index contributed by atoms with van der Waals surface area (Å²) in [7, 11) is 0. The van der Waals surface area contributed by atoms with Crippen LogP contribution < -0.4 is 10.6 Å². The molecule has 1 rings (SSSR count). The van der Waals surface area contributed by atoms with Crippen molar-refractivity contribution < 1.29 is 9.90 Å². The van der Waals surface area contributed by atoms with Gasteiger partial charge in [-0.3, -0.25) is 4.79 Å². The SMILES string of the molecule is CC(C)c1ccccc1NC(=O)/C(C#N)=C\NCCCCCO. The zero-order valence-electron chi connectivity index (χ0n) is 13.8. The molecule has 0 fully saturated rings. The van der Waals surface area contributed by atoms with Gasteiger partial charge in [-0.15, -0.1) is 0 Å². The zero-order valence-corrected chi connectivity index (χ0v) is 13.8. The molecular weight excluding hydrogens is 290 g/mol. The van der Waals surface area contributed by atoms with Crippen LogP contribution in [-0.2, 0) is 4.79 Å². The number of nitrogens with one attached hydrogen (secondary N) is 2. The van der Waals surface area contributed by atoms with E-state index >= 15 is 0 Å². The van der Waals surface area contributed by atoms with Crippen molar-refractivity contribution in [2.24, 2.45) is 0 Å². The first-order valence-corrected chi connectivity index (χ1v) is 7.95. The molecule has 1 amide bonds. The fraction of sp³-hybridized carbons (Fsp3) is 0.444. The molecule has 0 heterocycles. The van der Waals surface area contributed by atoms with E-state index in [1.165, 1.54) is 6.20 Å². The molecule has 1 aromatic rings. The Morgan fingerprint density at radius 2 is 2.04 bits per heavy atom. The van der Waals surface area contributed by atoms with Crippen LogP contribution in [0.3, 0.4) is 0 Å². The van der Waals surface area contributed by atoms with Gasteiger partial charge in [0.15, 0.2) is 0 Å². The highest BCUT2D eigenvalue weighted by Gasteiger charge is 2.12. The van der Waals surface area contributed by atoms with Crippen molar-refractivity contribution in [1.29, 1.82) is 5.26 Å². The predicted octanol–water partition coefficient (Wildman–Crippen LogP) is 2.91. The molecule has 0 aromatic heterocycles. The number of anilines is 1. The van der Waals surface area contributed by atoms with Crippen LogP contribution in [0.5, 0.6) is 0 Å². The van der Waals surface area contributed by atoms with E-state index in [9.17, 15) is 4.79 Å². The molecule has 0 spiro atoms. The molecule has 0 saturated heterocycles. The first-order chi connectivity index (χ1) is 11.1. The Kier molecular flexibility index (Phi) is 8.48. The molecule has 0 atom stereocenters. The molecule has 3 N–H and O–H groups in total. The monoisotopic (exact) mass is 315 g/mol. The maximum atomic E-state index is 12.2. The second-order valence-electron chi connectivity index (χ2n) is 5.60. The Hall–Kier alpha value is -2.32. The zero-order chi connectivity index (χ0) is 17.1. The smallest absolute Gasteiger partial charge is 0.267 e. The van der Waals surface area contributed by atoms with Gasteiger partial charge in [0.2, 0.25) is 0 Å². The Labute approximate surface area is 138 Å². The third-order valence-electron chi connectivity index (χ3n) is 3.42. The lowest BCUT2D eigenvalue weighted by molar-refractivity contribution is -0.112. The minimum Gasteiger partial charge on any atom is -0.396 e. The molecule has 0 unspecified atom stereocenters. The van der Waals surface area contributed by atoms with Crippen LogP contribution in [0, 0.1) is 11.3 Å². The number of hydrogen-bond acceptors (Lipinski definition) is 4. The van der Waals surface area contributed by atoms with Gasteiger partial charge in [0, 0.05) is 25.0 Å². The van der Waals surface area contributed by atoms with Crippen molar-refractivity contribution in [3.8, 4) is 6.07 Å². The van der Waals surface area contributed by atoms with Gasteiger partial charge in [-0.25, -0.2) is 0 Å². The fourth-order valence-corrected chi connectivity index (χ4v) is 2.14. The molecule has 5 heteroatoms. The third kappa shape index (κ3) is 6.54. The highest BCUT2D eigenvalue weighted by atomic mass is 16.2. The van der Waals surface area contributed by atoms with Crippen molar-refractivity contribution >= 4 is 11.6 Å². The molecule has 0 aliphatic carbocycles. The Balaban J connectivity index is 2.62. The lowest BCUT2D eigenvalue weighted by Crippen LogP contribution is -2.18. The van der Waals surface area contributed by atoms with E-state index < -0.39 is 5.91 Å². The van der Waals surface area contributed by atoms with Gasteiger partial charge in [-0.05, 0) is 36.8 Å². The normalized spacial score (nSPS) is 11.2. The number of hydrogen-bond donors (Lipinski definition) is 3. The lowest BCUT2D eigenvalue weighted by atomic mass is 10.0. The van der Waals surface area contributed by atoms with Crippen molar-refractivity contribution in [2.45, 2.75) is 39.0 Å². The number of nitrogens with zero attached hydrogens (tertiary/aromatic N) is 1.